The molecular weight excluding hydrogens is 304 g/mol. The number of carbonyl (C=O) groups excluding carboxylic acids is 1. The molecule has 0 saturated heterocycles. The van der Waals surface area contributed by atoms with Gasteiger partial charge in [-0.3, -0.25) is 0 Å². The number of hydrogen-bond donors (Lipinski definition) is 2. The molecule has 0 aliphatic carbocycles. The fraction of sp³-hybridized carbons (Fsp3) is 0.211. The number of furan rings is 1. The molecular formula is C19H20N2O3. The fourth-order valence-electron chi connectivity index (χ4n) is 2.56. The number of nitrogens with one attached hydrogen (secondary N) is 2. The van der Waals surface area contributed by atoms with Crippen molar-refractivity contribution in [2.45, 2.75) is 19.5 Å². The predicted octanol–water partition coefficient (Wildman–Crippen LogP) is 4.00. The highest BCUT2D eigenvalue weighted by molar-refractivity contribution is 5.78. The zero-order chi connectivity index (χ0) is 16.9. The predicted molar refractivity (Wildman–Crippen MR) is 93.0 cm³/mol. The van der Waals surface area contributed by atoms with Crippen LogP contribution in [0.1, 0.15) is 24.3 Å². The monoisotopic (exact) mass is 324 g/mol. The Hall–Kier alpha value is -2.95. The van der Waals surface area contributed by atoms with Gasteiger partial charge in [-0.2, -0.15) is 0 Å². The molecule has 0 radical (unpaired) electrons. The third kappa shape index (κ3) is 3.51. The van der Waals surface area contributed by atoms with Gasteiger partial charge in [-0.1, -0.05) is 36.4 Å². The molecule has 0 spiro atoms. The maximum atomic E-state index is 12.1. The van der Waals surface area contributed by atoms with Gasteiger partial charge in [0.25, 0.3) is 0 Å². The van der Waals surface area contributed by atoms with Crippen LogP contribution in [0.4, 0.5) is 4.79 Å². The van der Waals surface area contributed by atoms with Gasteiger partial charge in [-0.25, -0.2) is 4.79 Å². The normalized spacial score (nSPS) is 11.9. The molecule has 5 nitrogen and oxygen atoms in total. The Morgan fingerprint density at radius 1 is 1.17 bits per heavy atom. The molecule has 0 fully saturated rings. The zero-order valence-corrected chi connectivity index (χ0v) is 13.7. The van der Waals surface area contributed by atoms with Crippen LogP contribution >= 0.6 is 0 Å². The molecule has 0 aliphatic heterocycles. The molecule has 0 aliphatic rings. The van der Waals surface area contributed by atoms with Gasteiger partial charge in [-0.15, -0.1) is 0 Å². The van der Waals surface area contributed by atoms with E-state index in [0.717, 1.165) is 28.0 Å². The number of amides is 2. The lowest BCUT2D eigenvalue weighted by Crippen LogP contribution is -2.36. The van der Waals surface area contributed by atoms with Crippen molar-refractivity contribution in [1.82, 2.24) is 10.6 Å². The van der Waals surface area contributed by atoms with Crippen LogP contribution in [0.15, 0.2) is 59.0 Å². The first-order chi connectivity index (χ1) is 11.7. The van der Waals surface area contributed by atoms with Crippen LogP contribution in [0.5, 0.6) is 5.75 Å². The van der Waals surface area contributed by atoms with E-state index in [1.165, 1.54) is 0 Å². The summed E-state index contributed by atoms with van der Waals surface area (Å²) in [6, 6.07) is 16.8. The van der Waals surface area contributed by atoms with E-state index in [1.807, 2.05) is 61.5 Å². The van der Waals surface area contributed by atoms with Gasteiger partial charge >= 0.3 is 6.03 Å². The third-order valence-corrected chi connectivity index (χ3v) is 3.85. The van der Waals surface area contributed by atoms with Crippen LogP contribution in [-0.2, 0) is 6.54 Å². The van der Waals surface area contributed by atoms with Crippen LogP contribution in [0.25, 0.3) is 11.0 Å². The first-order valence-electron chi connectivity index (χ1n) is 7.82. The Kier molecular flexibility index (Phi) is 4.70. The lowest BCUT2D eigenvalue weighted by Gasteiger charge is -2.13. The molecule has 2 aromatic carbocycles. The maximum absolute atomic E-state index is 12.1. The van der Waals surface area contributed by atoms with E-state index in [1.54, 1.807) is 7.11 Å². The van der Waals surface area contributed by atoms with Crippen LogP contribution in [0.3, 0.4) is 0 Å². The quantitative estimate of drug-likeness (QED) is 0.745. The minimum atomic E-state index is -0.256. The van der Waals surface area contributed by atoms with Crippen LogP contribution < -0.4 is 15.4 Å². The molecule has 1 unspecified atom stereocenters. The van der Waals surface area contributed by atoms with Crippen molar-refractivity contribution in [3.8, 4) is 5.75 Å². The molecule has 2 amide bonds. The van der Waals surface area contributed by atoms with Crippen LogP contribution in [-0.4, -0.2) is 13.1 Å². The molecule has 124 valence electrons. The van der Waals surface area contributed by atoms with E-state index < -0.39 is 0 Å². The Bertz CT molecular complexity index is 808. The van der Waals surface area contributed by atoms with Crippen molar-refractivity contribution in [2.75, 3.05) is 7.11 Å². The van der Waals surface area contributed by atoms with Gasteiger partial charge < -0.3 is 19.8 Å². The number of ether oxygens (including phenoxy) is 1. The zero-order valence-electron chi connectivity index (χ0n) is 13.7. The number of benzene rings is 2. The summed E-state index contributed by atoms with van der Waals surface area (Å²) in [5.74, 6) is 1.48. The SMILES string of the molecule is COc1ccccc1CNC(=O)NC(C)c1cc2ccccc2o1. The second-order valence-corrected chi connectivity index (χ2v) is 5.55. The molecule has 3 rings (SSSR count). The molecule has 5 heteroatoms. The van der Waals surface area contributed by atoms with Gasteiger partial charge in [0.05, 0.1) is 13.2 Å². The van der Waals surface area contributed by atoms with Crippen molar-refractivity contribution in [1.29, 1.82) is 0 Å². The van der Waals surface area contributed by atoms with Crippen LogP contribution in [0.2, 0.25) is 0 Å². The smallest absolute Gasteiger partial charge is 0.315 e. The third-order valence-electron chi connectivity index (χ3n) is 3.85. The van der Waals surface area contributed by atoms with E-state index in [0.29, 0.717) is 6.54 Å². The first kappa shape index (κ1) is 15.9. The number of urea groups is 1. The summed E-state index contributed by atoms with van der Waals surface area (Å²) >= 11 is 0. The molecule has 24 heavy (non-hydrogen) atoms. The summed E-state index contributed by atoms with van der Waals surface area (Å²) in [5, 5.41) is 6.74. The van der Waals surface area contributed by atoms with E-state index in [9.17, 15) is 4.79 Å². The molecule has 1 atom stereocenters. The van der Waals surface area contributed by atoms with Crippen molar-refractivity contribution in [3.05, 3.63) is 65.9 Å². The number of hydrogen-bond acceptors (Lipinski definition) is 3. The topological polar surface area (TPSA) is 63.5 Å². The van der Waals surface area contributed by atoms with Gasteiger partial charge in [-0.05, 0) is 25.1 Å². The minimum Gasteiger partial charge on any atom is -0.496 e. The fourth-order valence-corrected chi connectivity index (χ4v) is 2.56. The lowest BCUT2D eigenvalue weighted by atomic mass is 10.2. The van der Waals surface area contributed by atoms with E-state index >= 15 is 0 Å². The van der Waals surface area contributed by atoms with E-state index in [-0.39, 0.29) is 12.1 Å². The van der Waals surface area contributed by atoms with Crippen molar-refractivity contribution < 1.29 is 13.9 Å². The largest absolute Gasteiger partial charge is 0.496 e. The minimum absolute atomic E-state index is 0.227. The Morgan fingerprint density at radius 2 is 1.92 bits per heavy atom. The number of fused-ring (bicyclic) bond motifs is 1. The van der Waals surface area contributed by atoms with E-state index in [4.69, 9.17) is 9.15 Å². The number of carbonyl (C=O) groups is 1. The molecule has 3 aromatic rings. The lowest BCUT2D eigenvalue weighted by molar-refractivity contribution is 0.236. The highest BCUT2D eigenvalue weighted by Gasteiger charge is 2.14. The summed E-state index contributed by atoms with van der Waals surface area (Å²) in [7, 11) is 1.61. The van der Waals surface area contributed by atoms with Crippen LogP contribution in [0, 0.1) is 0 Å². The molecule has 0 bridgehead atoms. The second-order valence-electron chi connectivity index (χ2n) is 5.55. The van der Waals surface area contributed by atoms with Gasteiger partial charge in [0.15, 0.2) is 0 Å². The molecule has 1 aromatic heterocycles. The first-order valence-corrected chi connectivity index (χ1v) is 7.82. The standard InChI is InChI=1S/C19H20N2O3/c1-13(18-11-14-7-3-6-10-17(14)24-18)21-19(22)20-12-15-8-4-5-9-16(15)23-2/h3-11,13H,12H2,1-2H3,(H2,20,21,22). The van der Waals surface area contributed by atoms with Gasteiger partial charge in [0.1, 0.15) is 17.1 Å². The highest BCUT2D eigenvalue weighted by atomic mass is 16.5. The van der Waals surface area contributed by atoms with Gasteiger partial charge in [0.2, 0.25) is 0 Å². The molecule has 0 saturated carbocycles. The second kappa shape index (κ2) is 7.08. The van der Waals surface area contributed by atoms with Crippen molar-refractivity contribution >= 4 is 17.0 Å². The molecule has 1 heterocycles. The summed E-state index contributed by atoms with van der Waals surface area (Å²) in [4.78, 5) is 12.1. The number of para-hydroxylation sites is 2. The average molecular weight is 324 g/mol. The summed E-state index contributed by atoms with van der Waals surface area (Å²) in [6.07, 6.45) is 0. The van der Waals surface area contributed by atoms with E-state index in [2.05, 4.69) is 10.6 Å². The van der Waals surface area contributed by atoms with Crippen molar-refractivity contribution in [3.63, 3.8) is 0 Å². The average Bonchev–Trinajstić information content (AvgIpc) is 3.04. The number of rotatable bonds is 5. The Morgan fingerprint density at radius 3 is 2.71 bits per heavy atom. The van der Waals surface area contributed by atoms with Crippen molar-refractivity contribution in [2.24, 2.45) is 0 Å². The number of methoxy groups -OCH3 is 1. The van der Waals surface area contributed by atoms with Gasteiger partial charge in [0, 0.05) is 17.5 Å². The summed E-state index contributed by atoms with van der Waals surface area (Å²) < 4.78 is 11.0. The molecule has 2 N–H and O–H groups in total. The summed E-state index contributed by atoms with van der Waals surface area (Å²) in [5.41, 5.74) is 1.74. The maximum Gasteiger partial charge on any atom is 0.315 e. The summed E-state index contributed by atoms with van der Waals surface area (Å²) in [6.45, 7) is 2.28. The Balaban J connectivity index is 1.60. The highest BCUT2D eigenvalue weighted by Crippen LogP contribution is 2.23. The Labute approximate surface area is 140 Å².